The van der Waals surface area contributed by atoms with Crippen LogP contribution in [0.2, 0.25) is 5.02 Å². The molecule has 0 saturated carbocycles. The number of pyridine rings is 1. The minimum Gasteiger partial charge on any atom is -0.435 e. The summed E-state index contributed by atoms with van der Waals surface area (Å²) in [7, 11) is 0. The van der Waals surface area contributed by atoms with E-state index >= 15 is 0 Å². The number of alkyl halides is 5. The second-order valence-electron chi connectivity index (χ2n) is 6.69. The summed E-state index contributed by atoms with van der Waals surface area (Å²) in [5.74, 6) is 0.224. The number of benzene rings is 1. The third-order valence-corrected chi connectivity index (χ3v) is 4.86. The maximum absolute atomic E-state index is 12.8. The van der Waals surface area contributed by atoms with Gasteiger partial charge in [-0.25, -0.2) is 9.78 Å². The maximum Gasteiger partial charge on any atom is 0.417 e. The van der Waals surface area contributed by atoms with Crippen molar-refractivity contribution < 1.29 is 31.5 Å². The number of hydrogen-bond acceptors (Lipinski definition) is 4. The van der Waals surface area contributed by atoms with E-state index in [1.165, 1.54) is 17.0 Å². The molecule has 1 aromatic heterocycles. The number of aromatic nitrogens is 1. The van der Waals surface area contributed by atoms with Crippen LogP contribution in [-0.4, -0.2) is 48.7 Å². The van der Waals surface area contributed by atoms with Gasteiger partial charge in [-0.2, -0.15) is 22.0 Å². The molecule has 0 bridgehead atoms. The second-order valence-corrected chi connectivity index (χ2v) is 7.09. The summed E-state index contributed by atoms with van der Waals surface area (Å²) in [5.41, 5.74) is -0.340. The number of hydrogen-bond donors (Lipinski definition) is 1. The lowest BCUT2D eigenvalue weighted by molar-refractivity contribution is -0.137. The fourth-order valence-electron chi connectivity index (χ4n) is 3.06. The second kappa shape index (κ2) is 9.54. The molecule has 2 aromatic rings. The Bertz CT molecular complexity index is 920. The van der Waals surface area contributed by atoms with E-state index in [9.17, 15) is 26.7 Å². The van der Waals surface area contributed by atoms with Gasteiger partial charge in [-0.3, -0.25) is 0 Å². The topological polar surface area (TPSA) is 57.7 Å². The largest absolute Gasteiger partial charge is 0.435 e. The molecule has 0 radical (unpaired) electrons. The van der Waals surface area contributed by atoms with Crippen LogP contribution in [0.3, 0.4) is 0 Å². The summed E-state index contributed by atoms with van der Waals surface area (Å²) in [5, 5.41) is 2.59. The minimum atomic E-state index is -4.53. The number of carbonyl (C=O) groups excluding carboxylic acids is 1. The molecule has 6 nitrogen and oxygen atoms in total. The van der Waals surface area contributed by atoms with Crippen LogP contribution in [0.4, 0.5) is 32.6 Å². The van der Waals surface area contributed by atoms with Gasteiger partial charge in [0.25, 0.3) is 0 Å². The van der Waals surface area contributed by atoms with Crippen LogP contribution in [0.1, 0.15) is 11.1 Å². The summed E-state index contributed by atoms with van der Waals surface area (Å²) >= 11 is 5.98. The lowest BCUT2D eigenvalue weighted by Gasteiger charge is -2.35. The van der Waals surface area contributed by atoms with E-state index in [1.54, 1.807) is 17.0 Å². The van der Waals surface area contributed by atoms with E-state index in [4.69, 9.17) is 11.6 Å². The van der Waals surface area contributed by atoms with E-state index in [-0.39, 0.29) is 29.2 Å². The Morgan fingerprint density at radius 3 is 2.52 bits per heavy atom. The lowest BCUT2D eigenvalue weighted by atomic mass is 10.2. The van der Waals surface area contributed by atoms with Crippen molar-refractivity contribution in [2.45, 2.75) is 19.3 Å². The number of ether oxygens (including phenoxy) is 1. The van der Waals surface area contributed by atoms with Gasteiger partial charge in [0, 0.05) is 38.9 Å². The highest BCUT2D eigenvalue weighted by Gasteiger charge is 2.32. The third-order valence-electron chi connectivity index (χ3n) is 4.58. The molecule has 0 atom stereocenters. The predicted octanol–water partition coefficient (Wildman–Crippen LogP) is 4.39. The Balaban J connectivity index is 1.52. The third kappa shape index (κ3) is 6.09. The number of rotatable bonds is 5. The Hall–Kier alpha value is -2.82. The monoisotopic (exact) mass is 464 g/mol. The summed E-state index contributed by atoms with van der Waals surface area (Å²) in [6.07, 6.45) is -3.80. The fourth-order valence-corrected chi connectivity index (χ4v) is 3.35. The number of carbonyl (C=O) groups is 1. The van der Waals surface area contributed by atoms with Crippen molar-refractivity contribution in [3.63, 3.8) is 0 Å². The van der Waals surface area contributed by atoms with Crippen LogP contribution in [0, 0.1) is 0 Å². The quantitative estimate of drug-likeness (QED) is 0.667. The van der Waals surface area contributed by atoms with E-state index in [0.29, 0.717) is 31.7 Å². The van der Waals surface area contributed by atoms with Gasteiger partial charge in [0.1, 0.15) is 11.6 Å². The smallest absolute Gasteiger partial charge is 0.417 e. The molecule has 0 unspecified atom stereocenters. The van der Waals surface area contributed by atoms with E-state index in [2.05, 4.69) is 15.0 Å². The first-order valence-electron chi connectivity index (χ1n) is 9.17. The van der Waals surface area contributed by atoms with Gasteiger partial charge in [0.2, 0.25) is 0 Å². The van der Waals surface area contributed by atoms with Crippen molar-refractivity contribution in [3.05, 3.63) is 52.7 Å². The van der Waals surface area contributed by atoms with Gasteiger partial charge in [-0.1, -0.05) is 23.7 Å². The number of piperazine rings is 1. The summed E-state index contributed by atoms with van der Waals surface area (Å²) in [4.78, 5) is 19.5. The molecule has 1 fully saturated rings. The molecule has 0 spiro atoms. The van der Waals surface area contributed by atoms with Crippen molar-refractivity contribution in [2.75, 3.05) is 31.1 Å². The van der Waals surface area contributed by atoms with Gasteiger partial charge < -0.3 is 19.9 Å². The molecule has 31 heavy (non-hydrogen) atoms. The molecule has 0 aliphatic carbocycles. The number of nitrogens with one attached hydrogen (secondary N) is 1. The zero-order valence-electron chi connectivity index (χ0n) is 16.0. The number of anilines is 1. The highest BCUT2D eigenvalue weighted by molar-refractivity contribution is 6.33. The maximum atomic E-state index is 12.8. The van der Waals surface area contributed by atoms with Crippen molar-refractivity contribution in [2.24, 2.45) is 0 Å². The standard InChI is InChI=1S/C19H18ClF5N4O2/c20-15-9-13(19(23,24)25)11-26-16(15)28-4-6-29(7-5-28)18(30)27-10-12-2-1-3-14(8-12)31-17(21)22/h1-3,8-9,11,17H,4-7,10H2,(H,27,30). The van der Waals surface area contributed by atoms with E-state index in [1.807, 2.05) is 0 Å². The molecule has 2 amide bonds. The van der Waals surface area contributed by atoms with Gasteiger partial charge in [0.15, 0.2) is 0 Å². The SMILES string of the molecule is O=C(NCc1cccc(OC(F)F)c1)N1CCN(c2ncc(C(F)(F)F)cc2Cl)CC1. The van der Waals surface area contributed by atoms with Crippen LogP contribution in [0.5, 0.6) is 5.75 Å². The van der Waals surface area contributed by atoms with Gasteiger partial charge in [0.05, 0.1) is 10.6 Å². The van der Waals surface area contributed by atoms with Crippen molar-refractivity contribution in [1.82, 2.24) is 15.2 Å². The zero-order chi connectivity index (χ0) is 22.6. The first-order chi connectivity index (χ1) is 14.6. The minimum absolute atomic E-state index is 0.00344. The average Bonchev–Trinajstić information content (AvgIpc) is 2.71. The molecular weight excluding hydrogens is 447 g/mol. The molecule has 1 aromatic carbocycles. The number of halogens is 6. The molecular formula is C19H18ClF5N4O2. The van der Waals surface area contributed by atoms with Crippen LogP contribution >= 0.6 is 11.6 Å². The summed E-state index contributed by atoms with van der Waals surface area (Å²) in [6.45, 7) is -1.54. The molecule has 1 N–H and O–H groups in total. The molecule has 168 valence electrons. The van der Waals surface area contributed by atoms with Crippen LogP contribution in [0.25, 0.3) is 0 Å². The lowest BCUT2D eigenvalue weighted by Crippen LogP contribution is -2.52. The van der Waals surface area contributed by atoms with Gasteiger partial charge >= 0.3 is 18.8 Å². The first-order valence-corrected chi connectivity index (χ1v) is 9.55. The molecule has 3 rings (SSSR count). The highest BCUT2D eigenvalue weighted by Crippen LogP contribution is 2.33. The molecule has 2 heterocycles. The fraction of sp³-hybridized carbons (Fsp3) is 0.368. The Kier molecular flexibility index (Phi) is 7.04. The molecule has 1 aliphatic rings. The predicted molar refractivity (Wildman–Crippen MR) is 103 cm³/mol. The van der Waals surface area contributed by atoms with Gasteiger partial charge in [-0.05, 0) is 23.8 Å². The highest BCUT2D eigenvalue weighted by atomic mass is 35.5. The zero-order valence-corrected chi connectivity index (χ0v) is 16.8. The van der Waals surface area contributed by atoms with E-state index < -0.39 is 18.4 Å². The van der Waals surface area contributed by atoms with Crippen molar-refractivity contribution in [3.8, 4) is 5.75 Å². The Labute approximate surface area is 179 Å². The van der Waals surface area contributed by atoms with Crippen LogP contribution < -0.4 is 15.0 Å². The van der Waals surface area contributed by atoms with Crippen LogP contribution in [0.15, 0.2) is 36.5 Å². The Morgan fingerprint density at radius 1 is 1.19 bits per heavy atom. The van der Waals surface area contributed by atoms with Crippen molar-refractivity contribution in [1.29, 1.82) is 0 Å². The number of nitrogens with zero attached hydrogens (tertiary/aromatic N) is 3. The van der Waals surface area contributed by atoms with Gasteiger partial charge in [-0.15, -0.1) is 0 Å². The van der Waals surface area contributed by atoms with E-state index in [0.717, 1.165) is 12.3 Å². The van der Waals surface area contributed by atoms with Crippen LogP contribution in [-0.2, 0) is 12.7 Å². The molecule has 12 heteroatoms. The summed E-state index contributed by atoms with van der Waals surface area (Å²) < 4.78 is 67.2. The normalized spacial score (nSPS) is 14.7. The Morgan fingerprint density at radius 2 is 1.90 bits per heavy atom. The summed E-state index contributed by atoms with van der Waals surface area (Å²) in [6, 6.07) is 6.47. The number of amides is 2. The first kappa shape index (κ1) is 22.9. The average molecular weight is 465 g/mol. The van der Waals surface area contributed by atoms with Crippen molar-refractivity contribution >= 4 is 23.4 Å². The molecule has 1 aliphatic heterocycles. The molecule has 1 saturated heterocycles. The number of urea groups is 1.